The Balaban J connectivity index is 0. The highest BCUT2D eigenvalue weighted by molar-refractivity contribution is 5.85. The van der Waals surface area contributed by atoms with E-state index < -0.39 is 0 Å². The van der Waals surface area contributed by atoms with Crippen LogP contribution in [0.4, 0.5) is 0 Å². The van der Waals surface area contributed by atoms with E-state index in [-0.39, 0.29) is 31.8 Å². The molecule has 0 atom stereocenters. The zero-order valence-corrected chi connectivity index (χ0v) is 7.55. The lowest BCUT2D eigenvalue weighted by atomic mass is 10.1. The van der Waals surface area contributed by atoms with Crippen LogP contribution in [0.25, 0.3) is 0 Å². The summed E-state index contributed by atoms with van der Waals surface area (Å²) in [5.41, 5.74) is 1.59. The van der Waals surface area contributed by atoms with E-state index in [0.29, 0.717) is 0 Å². The van der Waals surface area contributed by atoms with Gasteiger partial charge in [0.25, 0.3) is 0 Å². The SMILES string of the molecule is Cl.N.OCc1ccccc1CO. The summed E-state index contributed by atoms with van der Waals surface area (Å²) in [7, 11) is 0. The van der Waals surface area contributed by atoms with Gasteiger partial charge in [0.1, 0.15) is 0 Å². The van der Waals surface area contributed by atoms with Crippen LogP contribution in [0.2, 0.25) is 0 Å². The predicted molar refractivity (Wildman–Crippen MR) is 50.6 cm³/mol. The van der Waals surface area contributed by atoms with E-state index in [1.807, 2.05) is 12.1 Å². The van der Waals surface area contributed by atoms with Gasteiger partial charge in [-0.1, -0.05) is 24.3 Å². The van der Waals surface area contributed by atoms with E-state index in [1.165, 1.54) is 0 Å². The molecule has 1 aromatic carbocycles. The van der Waals surface area contributed by atoms with Crippen molar-refractivity contribution in [3.8, 4) is 0 Å². The molecule has 0 saturated carbocycles. The van der Waals surface area contributed by atoms with Crippen LogP contribution >= 0.6 is 12.4 Å². The Labute approximate surface area is 78.0 Å². The number of benzene rings is 1. The molecular formula is C8H14ClNO2. The maximum Gasteiger partial charge on any atom is 0.0685 e. The minimum atomic E-state index is -0.00324. The maximum atomic E-state index is 8.74. The molecule has 0 saturated heterocycles. The van der Waals surface area contributed by atoms with Crippen molar-refractivity contribution in [2.24, 2.45) is 0 Å². The van der Waals surface area contributed by atoms with Gasteiger partial charge in [-0.3, -0.25) is 0 Å². The molecule has 4 heteroatoms. The van der Waals surface area contributed by atoms with Gasteiger partial charge in [0.15, 0.2) is 0 Å². The first kappa shape index (κ1) is 13.9. The van der Waals surface area contributed by atoms with E-state index in [0.717, 1.165) is 11.1 Å². The average molecular weight is 192 g/mol. The summed E-state index contributed by atoms with van der Waals surface area (Å²) in [6.07, 6.45) is 0. The lowest BCUT2D eigenvalue weighted by molar-refractivity contribution is 0.260. The Morgan fingerprint density at radius 1 is 0.917 bits per heavy atom. The van der Waals surface area contributed by atoms with Gasteiger partial charge in [-0.25, -0.2) is 0 Å². The second-order valence-corrected chi connectivity index (χ2v) is 2.08. The molecule has 0 aliphatic heterocycles. The molecule has 0 aromatic heterocycles. The van der Waals surface area contributed by atoms with Crippen molar-refractivity contribution in [1.82, 2.24) is 6.15 Å². The number of rotatable bonds is 2. The number of hydrogen-bond donors (Lipinski definition) is 3. The summed E-state index contributed by atoms with van der Waals surface area (Å²) in [6.45, 7) is -0.00648. The van der Waals surface area contributed by atoms with Crippen molar-refractivity contribution in [2.75, 3.05) is 0 Å². The number of hydrogen-bond acceptors (Lipinski definition) is 3. The van der Waals surface area contributed by atoms with Gasteiger partial charge >= 0.3 is 0 Å². The molecule has 0 spiro atoms. The molecule has 0 aliphatic carbocycles. The largest absolute Gasteiger partial charge is 0.392 e. The van der Waals surface area contributed by atoms with E-state index in [9.17, 15) is 0 Å². The third-order valence-corrected chi connectivity index (χ3v) is 1.46. The Kier molecular flexibility index (Phi) is 8.21. The van der Waals surface area contributed by atoms with E-state index in [1.54, 1.807) is 12.1 Å². The molecule has 12 heavy (non-hydrogen) atoms. The molecule has 0 radical (unpaired) electrons. The van der Waals surface area contributed by atoms with E-state index >= 15 is 0 Å². The van der Waals surface area contributed by atoms with Crippen LogP contribution in [-0.2, 0) is 13.2 Å². The van der Waals surface area contributed by atoms with Gasteiger partial charge < -0.3 is 16.4 Å². The molecule has 1 aromatic rings. The van der Waals surface area contributed by atoms with Crippen LogP contribution < -0.4 is 6.15 Å². The number of aliphatic hydroxyl groups excluding tert-OH is 2. The first-order chi connectivity index (χ1) is 4.88. The van der Waals surface area contributed by atoms with Crippen LogP contribution in [0, 0.1) is 0 Å². The molecule has 0 bridgehead atoms. The molecule has 0 fully saturated rings. The average Bonchev–Trinajstić information content (AvgIpc) is 2.04. The van der Waals surface area contributed by atoms with Crippen molar-refractivity contribution in [1.29, 1.82) is 0 Å². The zero-order valence-electron chi connectivity index (χ0n) is 6.73. The van der Waals surface area contributed by atoms with Crippen LogP contribution in [-0.4, -0.2) is 10.2 Å². The highest BCUT2D eigenvalue weighted by Crippen LogP contribution is 2.07. The van der Waals surface area contributed by atoms with Gasteiger partial charge in [0, 0.05) is 0 Å². The van der Waals surface area contributed by atoms with Crippen molar-refractivity contribution in [3.63, 3.8) is 0 Å². The minimum Gasteiger partial charge on any atom is -0.392 e. The van der Waals surface area contributed by atoms with Crippen LogP contribution in [0.15, 0.2) is 24.3 Å². The van der Waals surface area contributed by atoms with Gasteiger partial charge in [0.05, 0.1) is 13.2 Å². The second-order valence-electron chi connectivity index (χ2n) is 2.08. The molecule has 5 N–H and O–H groups in total. The Morgan fingerprint density at radius 2 is 1.25 bits per heavy atom. The van der Waals surface area contributed by atoms with Crippen molar-refractivity contribution < 1.29 is 10.2 Å². The molecular weight excluding hydrogens is 178 g/mol. The fourth-order valence-corrected chi connectivity index (χ4v) is 0.866. The van der Waals surface area contributed by atoms with Gasteiger partial charge in [0.2, 0.25) is 0 Å². The second kappa shape index (κ2) is 7.06. The lowest BCUT2D eigenvalue weighted by Gasteiger charge is -2.01. The predicted octanol–water partition coefficient (Wildman–Crippen LogP) is 1.25. The van der Waals surface area contributed by atoms with Crippen molar-refractivity contribution in [2.45, 2.75) is 13.2 Å². The number of halogens is 1. The highest BCUT2D eigenvalue weighted by Gasteiger charge is 1.95. The van der Waals surface area contributed by atoms with Gasteiger partial charge in [-0.2, -0.15) is 0 Å². The molecule has 3 nitrogen and oxygen atoms in total. The van der Waals surface area contributed by atoms with E-state index in [2.05, 4.69) is 0 Å². The summed E-state index contributed by atoms with van der Waals surface area (Å²) >= 11 is 0. The van der Waals surface area contributed by atoms with Crippen LogP contribution in [0.1, 0.15) is 11.1 Å². The molecule has 0 unspecified atom stereocenters. The first-order valence-corrected chi connectivity index (χ1v) is 3.17. The fourth-order valence-electron chi connectivity index (χ4n) is 0.866. The summed E-state index contributed by atoms with van der Waals surface area (Å²) in [5, 5.41) is 17.5. The van der Waals surface area contributed by atoms with E-state index in [4.69, 9.17) is 10.2 Å². The summed E-state index contributed by atoms with van der Waals surface area (Å²) in [4.78, 5) is 0. The highest BCUT2D eigenvalue weighted by atomic mass is 35.5. The first-order valence-electron chi connectivity index (χ1n) is 3.17. The molecule has 0 aliphatic rings. The number of aliphatic hydroxyl groups is 2. The lowest BCUT2D eigenvalue weighted by Crippen LogP contribution is -1.91. The minimum absolute atomic E-state index is 0. The summed E-state index contributed by atoms with van der Waals surface area (Å²) < 4.78 is 0. The maximum absolute atomic E-state index is 8.74. The molecule has 70 valence electrons. The quantitative estimate of drug-likeness (QED) is 0.659. The zero-order chi connectivity index (χ0) is 7.40. The molecule has 0 heterocycles. The van der Waals surface area contributed by atoms with Crippen molar-refractivity contribution in [3.05, 3.63) is 35.4 Å². The third kappa shape index (κ3) is 3.19. The summed E-state index contributed by atoms with van der Waals surface area (Å²) in [5.74, 6) is 0. The van der Waals surface area contributed by atoms with Gasteiger partial charge in [-0.05, 0) is 11.1 Å². The van der Waals surface area contributed by atoms with Crippen molar-refractivity contribution >= 4 is 12.4 Å². The molecule has 0 amide bonds. The fraction of sp³-hybridized carbons (Fsp3) is 0.250. The Morgan fingerprint density at radius 3 is 1.50 bits per heavy atom. The third-order valence-electron chi connectivity index (χ3n) is 1.46. The Bertz CT molecular complexity index is 195. The Hall–Kier alpha value is -0.610. The summed E-state index contributed by atoms with van der Waals surface area (Å²) in [6, 6.07) is 7.27. The monoisotopic (exact) mass is 191 g/mol. The van der Waals surface area contributed by atoms with Crippen LogP contribution in [0.3, 0.4) is 0 Å². The normalized spacial score (nSPS) is 8.17. The molecule has 1 rings (SSSR count). The topological polar surface area (TPSA) is 75.5 Å². The van der Waals surface area contributed by atoms with Gasteiger partial charge in [-0.15, -0.1) is 12.4 Å². The van der Waals surface area contributed by atoms with Crippen LogP contribution in [0.5, 0.6) is 0 Å². The standard InChI is InChI=1S/C8H10O2.ClH.H3N/c9-5-7-3-1-2-4-8(7)6-10;;/h1-4,9-10H,5-6H2;1H;1H3. The smallest absolute Gasteiger partial charge is 0.0685 e.